The van der Waals surface area contributed by atoms with Gasteiger partial charge in [0.2, 0.25) is 0 Å². The molecule has 0 unspecified atom stereocenters. The molecule has 0 saturated heterocycles. The van der Waals surface area contributed by atoms with Crippen LogP contribution in [0.5, 0.6) is 23.0 Å². The highest BCUT2D eigenvalue weighted by Gasteiger charge is 2.18. The molecule has 0 aliphatic rings. The maximum absolute atomic E-state index is 6.42. The number of ether oxygens (including phenoxy) is 4. The predicted molar refractivity (Wildman–Crippen MR) is 114 cm³/mol. The molecule has 0 amide bonds. The van der Waals surface area contributed by atoms with Gasteiger partial charge < -0.3 is 24.7 Å². The largest absolute Gasteiger partial charge is 0.493 e. The van der Waals surface area contributed by atoms with Crippen LogP contribution in [-0.4, -0.2) is 42.1 Å². The molecule has 1 aromatic heterocycles. The zero-order chi connectivity index (χ0) is 21.5. The molecule has 3 rings (SSSR count). The minimum atomic E-state index is -0.495. The lowest BCUT2D eigenvalue weighted by Crippen LogP contribution is -2.14. The number of nitrogens with one attached hydrogen (secondary N) is 1. The Morgan fingerprint density at radius 3 is 2.17 bits per heavy atom. The monoisotopic (exact) mass is 412 g/mol. The van der Waals surface area contributed by atoms with E-state index in [1.165, 1.54) is 0 Å². The number of aromatic nitrogens is 3. The normalized spacial score (nSPS) is 11.8. The highest BCUT2D eigenvalue weighted by atomic mass is 16.5. The lowest BCUT2D eigenvalue weighted by Gasteiger charge is -2.14. The van der Waals surface area contributed by atoms with Crippen LogP contribution in [-0.2, 0) is 0 Å². The zero-order valence-corrected chi connectivity index (χ0v) is 17.8. The first kappa shape index (κ1) is 21.4. The van der Waals surface area contributed by atoms with Crippen molar-refractivity contribution in [2.45, 2.75) is 26.8 Å². The van der Waals surface area contributed by atoms with Gasteiger partial charge in [0.15, 0.2) is 28.8 Å². The van der Waals surface area contributed by atoms with Gasteiger partial charge in [0.05, 0.1) is 33.0 Å². The Labute approximate surface area is 176 Å². The van der Waals surface area contributed by atoms with Crippen LogP contribution in [0.15, 0.2) is 36.4 Å². The van der Waals surface area contributed by atoms with Crippen molar-refractivity contribution in [3.05, 3.63) is 47.8 Å². The van der Waals surface area contributed by atoms with E-state index in [4.69, 9.17) is 24.7 Å². The first-order chi connectivity index (χ1) is 14.6. The summed E-state index contributed by atoms with van der Waals surface area (Å²) in [6, 6.07) is 10.7. The third kappa shape index (κ3) is 4.65. The van der Waals surface area contributed by atoms with Crippen LogP contribution in [0, 0.1) is 0 Å². The lowest BCUT2D eigenvalue weighted by molar-refractivity contribution is 0.288. The number of aromatic amines is 1. The Hall–Kier alpha value is -3.26. The van der Waals surface area contributed by atoms with Crippen molar-refractivity contribution in [3.63, 3.8) is 0 Å². The van der Waals surface area contributed by atoms with Crippen molar-refractivity contribution >= 4 is 0 Å². The minimum Gasteiger partial charge on any atom is -0.493 e. The molecule has 0 bridgehead atoms. The second kappa shape index (κ2) is 9.98. The number of nitrogens with zero attached hydrogens (tertiary/aromatic N) is 2. The Kier molecular flexibility index (Phi) is 7.13. The smallest absolute Gasteiger partial charge is 0.181 e. The topological polar surface area (TPSA) is 105 Å². The van der Waals surface area contributed by atoms with Gasteiger partial charge in [-0.05, 0) is 56.7 Å². The van der Waals surface area contributed by atoms with Gasteiger partial charge in [-0.3, -0.25) is 5.10 Å². The summed E-state index contributed by atoms with van der Waals surface area (Å²) < 4.78 is 22.3. The van der Waals surface area contributed by atoms with Gasteiger partial charge in [0.1, 0.15) is 5.82 Å². The summed E-state index contributed by atoms with van der Waals surface area (Å²) in [5.41, 5.74) is 8.06. The van der Waals surface area contributed by atoms with Crippen molar-refractivity contribution in [1.82, 2.24) is 15.2 Å². The third-order valence-corrected chi connectivity index (χ3v) is 4.45. The van der Waals surface area contributed by atoms with Crippen molar-refractivity contribution in [2.75, 3.05) is 26.9 Å². The molecule has 8 heteroatoms. The van der Waals surface area contributed by atoms with Gasteiger partial charge in [0.25, 0.3) is 0 Å². The number of nitrogens with two attached hydrogens (primary N) is 1. The van der Waals surface area contributed by atoms with Gasteiger partial charge in [0, 0.05) is 5.56 Å². The second-order valence-corrected chi connectivity index (χ2v) is 6.39. The van der Waals surface area contributed by atoms with Crippen molar-refractivity contribution < 1.29 is 18.9 Å². The van der Waals surface area contributed by atoms with E-state index in [2.05, 4.69) is 15.2 Å². The molecule has 0 saturated carbocycles. The minimum absolute atomic E-state index is 0.495. The van der Waals surface area contributed by atoms with Crippen LogP contribution in [0.4, 0.5) is 0 Å². The van der Waals surface area contributed by atoms with E-state index in [1.807, 2.05) is 57.2 Å². The molecular formula is C22H28N4O4. The van der Waals surface area contributed by atoms with Crippen molar-refractivity contribution in [1.29, 1.82) is 0 Å². The highest BCUT2D eigenvalue weighted by molar-refractivity contribution is 5.61. The van der Waals surface area contributed by atoms with E-state index in [1.54, 1.807) is 7.11 Å². The molecule has 160 valence electrons. The lowest BCUT2D eigenvalue weighted by atomic mass is 10.1. The molecule has 1 atom stereocenters. The van der Waals surface area contributed by atoms with Crippen molar-refractivity contribution in [3.8, 4) is 34.4 Å². The van der Waals surface area contributed by atoms with E-state index in [-0.39, 0.29) is 0 Å². The van der Waals surface area contributed by atoms with E-state index >= 15 is 0 Å². The number of benzene rings is 2. The molecule has 2 aromatic carbocycles. The summed E-state index contributed by atoms with van der Waals surface area (Å²) in [6.45, 7) is 7.43. The average molecular weight is 412 g/mol. The second-order valence-electron chi connectivity index (χ2n) is 6.39. The average Bonchev–Trinajstić information content (AvgIpc) is 3.25. The maximum Gasteiger partial charge on any atom is 0.181 e. The fraction of sp³-hybridized carbons (Fsp3) is 0.364. The first-order valence-corrected chi connectivity index (χ1v) is 9.99. The molecule has 30 heavy (non-hydrogen) atoms. The Balaban J connectivity index is 1.86. The van der Waals surface area contributed by atoms with Gasteiger partial charge in [-0.1, -0.05) is 6.07 Å². The number of hydrogen-bond donors (Lipinski definition) is 2. The summed E-state index contributed by atoms with van der Waals surface area (Å²) >= 11 is 0. The number of H-pyrrole nitrogens is 1. The summed E-state index contributed by atoms with van der Waals surface area (Å²) in [5, 5.41) is 7.27. The Morgan fingerprint density at radius 2 is 1.50 bits per heavy atom. The summed E-state index contributed by atoms with van der Waals surface area (Å²) in [4.78, 5) is 4.59. The Bertz CT molecular complexity index is 974. The van der Waals surface area contributed by atoms with E-state index in [9.17, 15) is 0 Å². The van der Waals surface area contributed by atoms with E-state index < -0.39 is 6.04 Å². The standard InChI is InChI=1S/C22H28N4O4/c1-5-28-16-10-8-14(12-18(16)27-4)20(23)22-24-21(25-26-22)15-9-11-17(29-6-2)19(13-15)30-7-3/h8-13,20H,5-7,23H2,1-4H3,(H,24,25,26)/t20-/m0/s1. The molecule has 3 N–H and O–H groups in total. The molecule has 0 spiro atoms. The van der Waals surface area contributed by atoms with Crippen LogP contribution in [0.25, 0.3) is 11.4 Å². The van der Waals surface area contributed by atoms with Crippen LogP contribution in [0.1, 0.15) is 38.2 Å². The van der Waals surface area contributed by atoms with E-state index in [0.717, 1.165) is 11.1 Å². The molecule has 3 aromatic rings. The van der Waals surface area contributed by atoms with Crippen molar-refractivity contribution in [2.24, 2.45) is 5.73 Å². The molecular weight excluding hydrogens is 384 g/mol. The third-order valence-electron chi connectivity index (χ3n) is 4.45. The fourth-order valence-corrected chi connectivity index (χ4v) is 3.04. The van der Waals surface area contributed by atoms with Gasteiger partial charge in [-0.2, -0.15) is 5.10 Å². The van der Waals surface area contributed by atoms with Crippen LogP contribution in [0.2, 0.25) is 0 Å². The summed E-state index contributed by atoms with van der Waals surface area (Å²) in [7, 11) is 1.60. The van der Waals surface area contributed by atoms with Crippen LogP contribution in [0.3, 0.4) is 0 Å². The molecule has 0 fully saturated rings. The quantitative estimate of drug-likeness (QED) is 0.523. The molecule has 8 nitrogen and oxygen atoms in total. The number of methoxy groups -OCH3 is 1. The van der Waals surface area contributed by atoms with E-state index in [0.29, 0.717) is 54.5 Å². The first-order valence-electron chi connectivity index (χ1n) is 9.99. The van der Waals surface area contributed by atoms with Gasteiger partial charge >= 0.3 is 0 Å². The van der Waals surface area contributed by atoms with Crippen LogP contribution < -0.4 is 24.7 Å². The summed E-state index contributed by atoms with van der Waals surface area (Å²) in [5.74, 6) is 3.72. The molecule has 1 heterocycles. The maximum atomic E-state index is 6.42. The number of hydrogen-bond acceptors (Lipinski definition) is 7. The molecule has 0 radical (unpaired) electrons. The van der Waals surface area contributed by atoms with Gasteiger partial charge in [-0.25, -0.2) is 4.98 Å². The molecule has 0 aliphatic heterocycles. The van der Waals surface area contributed by atoms with Gasteiger partial charge in [-0.15, -0.1) is 0 Å². The Morgan fingerprint density at radius 1 is 0.867 bits per heavy atom. The SMILES string of the molecule is CCOc1ccc([C@H](N)c2nc(-c3ccc(OCC)c(OCC)c3)n[nH]2)cc1OC. The summed E-state index contributed by atoms with van der Waals surface area (Å²) in [6.07, 6.45) is 0. The zero-order valence-electron chi connectivity index (χ0n) is 17.8. The molecule has 0 aliphatic carbocycles. The predicted octanol–water partition coefficient (Wildman–Crippen LogP) is 3.72. The highest BCUT2D eigenvalue weighted by Crippen LogP contribution is 2.33. The fourth-order valence-electron chi connectivity index (χ4n) is 3.04. The van der Waals surface area contributed by atoms with Crippen LogP contribution >= 0.6 is 0 Å². The number of rotatable bonds is 10.